The molecule has 4 nitrogen and oxygen atoms in total. The van der Waals surface area contributed by atoms with Crippen molar-refractivity contribution in [1.29, 1.82) is 0 Å². The molecule has 0 saturated carbocycles. The summed E-state index contributed by atoms with van der Waals surface area (Å²) >= 11 is 9.14. The number of benzene rings is 1. The van der Waals surface area contributed by atoms with Crippen LogP contribution in [-0.2, 0) is 4.74 Å². The van der Waals surface area contributed by atoms with Gasteiger partial charge in [-0.15, -0.1) is 0 Å². The molecule has 0 radical (unpaired) electrons. The Balaban J connectivity index is 1.95. The number of hydrogen-bond acceptors (Lipinski definition) is 3. The van der Waals surface area contributed by atoms with Gasteiger partial charge < -0.3 is 19.7 Å². The van der Waals surface area contributed by atoms with E-state index >= 15 is 0 Å². The summed E-state index contributed by atoms with van der Waals surface area (Å²) in [5.74, 6) is 1.21. The van der Waals surface area contributed by atoms with Gasteiger partial charge >= 0.3 is 0 Å². The highest BCUT2D eigenvalue weighted by Crippen LogP contribution is 2.48. The molecule has 0 spiro atoms. The quantitative estimate of drug-likeness (QED) is 0.634. The Morgan fingerprint density at radius 2 is 2.27 bits per heavy atom. The number of nitrogens with zero attached hydrogens (tertiary/aromatic N) is 1. The second-order valence-electron chi connectivity index (χ2n) is 6.05. The van der Waals surface area contributed by atoms with Gasteiger partial charge in [-0.3, -0.25) is 0 Å². The molecule has 3 rings (SSSR count). The molecule has 1 N–H and O–H groups in total. The van der Waals surface area contributed by atoms with Crippen molar-refractivity contribution in [3.63, 3.8) is 0 Å². The van der Waals surface area contributed by atoms with Crippen LogP contribution in [0.5, 0.6) is 5.75 Å². The molecule has 1 aromatic rings. The molecule has 22 heavy (non-hydrogen) atoms. The van der Waals surface area contributed by atoms with Crippen LogP contribution in [0.3, 0.4) is 0 Å². The second kappa shape index (κ2) is 5.98. The van der Waals surface area contributed by atoms with Crippen LogP contribution < -0.4 is 10.1 Å². The van der Waals surface area contributed by atoms with Gasteiger partial charge in [0.25, 0.3) is 0 Å². The van der Waals surface area contributed by atoms with Gasteiger partial charge in [-0.05, 0) is 43.8 Å². The number of rotatable bonds is 4. The van der Waals surface area contributed by atoms with Crippen LogP contribution in [0.1, 0.15) is 31.9 Å². The van der Waals surface area contributed by atoms with E-state index in [2.05, 4.69) is 46.1 Å². The zero-order valence-electron chi connectivity index (χ0n) is 13.1. The first-order chi connectivity index (χ1) is 10.5. The molecule has 6 heteroatoms. The standard InChI is InChI=1S/C16H21BrN2O2S/c1-10-14-12-9-11(17)5-6-13(12)21-16(10,2)19(15(22)18-14)7-4-8-20-3/h5-6,9-10,14H,4,7-8H2,1-3H3,(H,18,22)/t10-,14+,16-/m0/s1. The lowest BCUT2D eigenvalue weighted by molar-refractivity contribution is -0.111. The molecule has 1 aromatic carbocycles. The zero-order valence-corrected chi connectivity index (χ0v) is 15.5. The molecule has 2 aliphatic heterocycles. The Morgan fingerprint density at radius 1 is 1.50 bits per heavy atom. The van der Waals surface area contributed by atoms with E-state index in [1.165, 1.54) is 5.56 Å². The van der Waals surface area contributed by atoms with E-state index in [0.29, 0.717) is 0 Å². The van der Waals surface area contributed by atoms with E-state index in [4.69, 9.17) is 21.7 Å². The fourth-order valence-corrected chi connectivity index (χ4v) is 4.13. The Bertz CT molecular complexity index is 598. The van der Waals surface area contributed by atoms with Gasteiger partial charge in [0.05, 0.1) is 6.04 Å². The van der Waals surface area contributed by atoms with Crippen molar-refractivity contribution < 1.29 is 9.47 Å². The third-order valence-corrected chi connectivity index (χ3v) is 5.59. The maximum atomic E-state index is 6.41. The van der Waals surface area contributed by atoms with Crippen molar-refractivity contribution in [3.05, 3.63) is 28.2 Å². The molecule has 1 fully saturated rings. The minimum absolute atomic E-state index is 0.178. The van der Waals surface area contributed by atoms with E-state index in [1.807, 2.05) is 12.1 Å². The number of hydrogen-bond donors (Lipinski definition) is 1. The first-order valence-electron chi connectivity index (χ1n) is 7.53. The van der Waals surface area contributed by atoms with Crippen LogP contribution in [0.4, 0.5) is 0 Å². The minimum Gasteiger partial charge on any atom is -0.467 e. The summed E-state index contributed by atoms with van der Waals surface area (Å²) in [5, 5.41) is 4.26. The van der Waals surface area contributed by atoms with Crippen LogP contribution in [0, 0.1) is 5.92 Å². The largest absolute Gasteiger partial charge is 0.467 e. The number of fused-ring (bicyclic) bond motifs is 4. The third kappa shape index (κ3) is 2.51. The van der Waals surface area contributed by atoms with Crippen LogP contribution in [0.15, 0.2) is 22.7 Å². The molecule has 0 unspecified atom stereocenters. The highest BCUT2D eigenvalue weighted by molar-refractivity contribution is 9.10. The van der Waals surface area contributed by atoms with Gasteiger partial charge in [0.1, 0.15) is 5.75 Å². The van der Waals surface area contributed by atoms with Crippen molar-refractivity contribution in [2.24, 2.45) is 5.92 Å². The number of thiocarbonyl (C=S) groups is 1. The van der Waals surface area contributed by atoms with Gasteiger partial charge in [0.2, 0.25) is 0 Å². The molecule has 2 heterocycles. The lowest BCUT2D eigenvalue weighted by Gasteiger charge is -2.56. The molecular weight excluding hydrogens is 364 g/mol. The Hall–Kier alpha value is -0.850. The normalized spacial score (nSPS) is 29.6. The smallest absolute Gasteiger partial charge is 0.186 e. The Kier molecular flexibility index (Phi) is 4.36. The monoisotopic (exact) mass is 384 g/mol. The zero-order chi connectivity index (χ0) is 15.9. The van der Waals surface area contributed by atoms with Gasteiger partial charge in [-0.25, -0.2) is 0 Å². The van der Waals surface area contributed by atoms with Gasteiger partial charge in [0, 0.05) is 36.2 Å². The van der Waals surface area contributed by atoms with Gasteiger partial charge in [-0.1, -0.05) is 22.9 Å². The lowest BCUT2D eigenvalue weighted by Crippen LogP contribution is -2.69. The second-order valence-corrected chi connectivity index (χ2v) is 7.36. The van der Waals surface area contributed by atoms with Crippen LogP contribution in [0.2, 0.25) is 0 Å². The molecule has 1 saturated heterocycles. The number of halogens is 1. The van der Waals surface area contributed by atoms with Crippen molar-refractivity contribution in [3.8, 4) is 5.75 Å². The van der Waals surface area contributed by atoms with Gasteiger partial charge in [-0.2, -0.15) is 0 Å². The highest BCUT2D eigenvalue weighted by Gasteiger charge is 2.52. The molecule has 0 amide bonds. The first-order valence-corrected chi connectivity index (χ1v) is 8.73. The predicted molar refractivity (Wildman–Crippen MR) is 94.0 cm³/mol. The fraction of sp³-hybridized carbons (Fsp3) is 0.562. The van der Waals surface area contributed by atoms with E-state index in [-0.39, 0.29) is 12.0 Å². The Labute approximate surface area is 145 Å². The average Bonchev–Trinajstić information content (AvgIpc) is 2.47. The topological polar surface area (TPSA) is 33.7 Å². The number of nitrogens with one attached hydrogen (secondary N) is 1. The number of methoxy groups -OCH3 is 1. The maximum absolute atomic E-state index is 6.41. The van der Waals surface area contributed by atoms with E-state index < -0.39 is 5.72 Å². The van der Waals surface area contributed by atoms with E-state index in [1.54, 1.807) is 7.11 Å². The van der Waals surface area contributed by atoms with Crippen LogP contribution in [0.25, 0.3) is 0 Å². The van der Waals surface area contributed by atoms with Crippen molar-refractivity contribution >= 4 is 33.3 Å². The summed E-state index contributed by atoms with van der Waals surface area (Å²) in [5.41, 5.74) is 0.736. The van der Waals surface area contributed by atoms with Crippen molar-refractivity contribution in [2.75, 3.05) is 20.3 Å². The maximum Gasteiger partial charge on any atom is 0.186 e. The van der Waals surface area contributed by atoms with Crippen LogP contribution in [-0.4, -0.2) is 36.0 Å². The number of ether oxygens (including phenoxy) is 2. The van der Waals surface area contributed by atoms with Crippen LogP contribution >= 0.6 is 28.1 Å². The summed E-state index contributed by atoms with van der Waals surface area (Å²) < 4.78 is 12.6. The minimum atomic E-state index is -0.429. The van der Waals surface area contributed by atoms with Gasteiger partial charge in [0.15, 0.2) is 10.8 Å². The molecule has 0 aromatic heterocycles. The molecule has 120 valence electrons. The highest BCUT2D eigenvalue weighted by atomic mass is 79.9. The molecule has 2 bridgehead atoms. The Morgan fingerprint density at radius 3 is 3.00 bits per heavy atom. The van der Waals surface area contributed by atoms with Crippen molar-refractivity contribution in [2.45, 2.75) is 32.0 Å². The average molecular weight is 385 g/mol. The lowest BCUT2D eigenvalue weighted by atomic mass is 9.81. The summed E-state index contributed by atoms with van der Waals surface area (Å²) in [6, 6.07) is 6.34. The fourth-order valence-electron chi connectivity index (χ4n) is 3.36. The first kappa shape index (κ1) is 16.0. The molecule has 3 atom stereocenters. The van der Waals surface area contributed by atoms with E-state index in [0.717, 1.165) is 34.9 Å². The molecule has 2 aliphatic rings. The third-order valence-electron chi connectivity index (χ3n) is 4.76. The summed E-state index contributed by atoms with van der Waals surface area (Å²) in [4.78, 5) is 2.16. The predicted octanol–water partition coefficient (Wildman–Crippen LogP) is 3.46. The van der Waals surface area contributed by atoms with E-state index in [9.17, 15) is 0 Å². The van der Waals surface area contributed by atoms with Crippen molar-refractivity contribution in [1.82, 2.24) is 10.2 Å². The molecule has 0 aliphatic carbocycles. The SMILES string of the molecule is COCCCN1C(=S)N[C@H]2c3cc(Br)ccc3O[C@@]1(C)[C@H]2C. The summed E-state index contributed by atoms with van der Waals surface area (Å²) in [7, 11) is 1.72. The molecular formula is C16H21BrN2O2S. The summed E-state index contributed by atoms with van der Waals surface area (Å²) in [6.07, 6.45) is 0.919. The summed E-state index contributed by atoms with van der Waals surface area (Å²) in [6.45, 7) is 5.89.